The van der Waals surface area contributed by atoms with Crippen molar-refractivity contribution in [3.8, 4) is 11.5 Å². The number of phenolic OH excluding ortho intramolecular Hbond substituents is 2. The molecule has 0 bridgehead atoms. The van der Waals surface area contributed by atoms with Crippen LogP contribution in [0.3, 0.4) is 0 Å². The second-order valence-electron chi connectivity index (χ2n) is 13.2. The maximum absolute atomic E-state index is 11.5. The predicted molar refractivity (Wildman–Crippen MR) is 167 cm³/mol. The van der Waals surface area contributed by atoms with Crippen molar-refractivity contribution in [2.45, 2.75) is 140 Å². The Labute approximate surface area is 241 Å². The van der Waals surface area contributed by atoms with Crippen LogP contribution in [0.25, 0.3) is 5.57 Å². The van der Waals surface area contributed by atoms with Crippen LogP contribution in [-0.4, -0.2) is 16.4 Å². The van der Waals surface area contributed by atoms with E-state index in [1.54, 1.807) is 0 Å². The normalized spacial score (nSPS) is 22.1. The Morgan fingerprint density at radius 2 is 1.10 bits per heavy atom. The summed E-state index contributed by atoms with van der Waals surface area (Å²) in [5, 5.41) is 23.0. The van der Waals surface area contributed by atoms with Crippen molar-refractivity contribution in [2.24, 2.45) is 4.99 Å². The average Bonchev–Trinajstić information content (AvgIpc) is 3.02. The van der Waals surface area contributed by atoms with Crippen molar-refractivity contribution in [1.82, 2.24) is 0 Å². The summed E-state index contributed by atoms with van der Waals surface area (Å²) in [5.41, 5.74) is 7.79. The molecule has 4 aliphatic carbocycles. The molecule has 214 valence electrons. The number of phenols is 2. The van der Waals surface area contributed by atoms with Crippen molar-refractivity contribution in [3.05, 3.63) is 58.2 Å². The summed E-state index contributed by atoms with van der Waals surface area (Å²) in [5.74, 6) is 2.42. The zero-order valence-electron chi connectivity index (χ0n) is 24.5. The summed E-state index contributed by atoms with van der Waals surface area (Å²) in [6.07, 6.45) is 27.5. The Balaban J connectivity index is 1.38. The maximum atomic E-state index is 11.5. The van der Waals surface area contributed by atoms with Crippen molar-refractivity contribution in [3.63, 3.8) is 0 Å². The molecule has 6 rings (SSSR count). The highest BCUT2D eigenvalue weighted by molar-refractivity contribution is 5.84. The van der Waals surface area contributed by atoms with Crippen LogP contribution in [0.4, 0.5) is 5.69 Å². The van der Waals surface area contributed by atoms with Crippen molar-refractivity contribution in [1.29, 1.82) is 0 Å². The molecule has 40 heavy (non-hydrogen) atoms. The van der Waals surface area contributed by atoms with Gasteiger partial charge in [0.05, 0.1) is 5.69 Å². The van der Waals surface area contributed by atoms with Crippen LogP contribution < -0.4 is 0 Å². The van der Waals surface area contributed by atoms with Gasteiger partial charge >= 0.3 is 0 Å². The minimum Gasteiger partial charge on any atom is -0.507 e. The topological polar surface area (TPSA) is 52.8 Å². The van der Waals surface area contributed by atoms with Gasteiger partial charge in [-0.1, -0.05) is 63.9 Å². The standard InChI is InChI=1S/C37H49NO2/c39-36-32(27-13-5-1-6-14-27)21-26(22-33(36)28-15-7-2-8-16-28)25-38-31-23-34(29-17-9-3-10-18-29)37(40)35(24-31)30-19-11-4-12-20-30/h17,21-25,27-28,30,39-40H,1-16,18-20H2. The van der Waals surface area contributed by atoms with Crippen LogP contribution in [0.1, 0.15) is 168 Å². The van der Waals surface area contributed by atoms with Gasteiger partial charge in [0, 0.05) is 11.8 Å². The predicted octanol–water partition coefficient (Wildman–Crippen LogP) is 10.9. The number of nitrogens with zero attached hydrogens (tertiary/aromatic N) is 1. The Bertz CT molecular complexity index is 1180. The second-order valence-corrected chi connectivity index (χ2v) is 13.2. The van der Waals surface area contributed by atoms with E-state index in [0.717, 1.165) is 59.2 Å². The van der Waals surface area contributed by atoms with E-state index in [2.05, 4.69) is 30.3 Å². The molecule has 3 nitrogen and oxygen atoms in total. The molecule has 0 unspecified atom stereocenters. The first-order valence-electron chi connectivity index (χ1n) is 16.6. The number of aliphatic imine (C=N–C) groups is 1. The fourth-order valence-electron chi connectivity index (χ4n) is 8.15. The maximum Gasteiger partial charge on any atom is 0.126 e. The van der Waals surface area contributed by atoms with Gasteiger partial charge in [0.15, 0.2) is 0 Å². The molecule has 3 saturated carbocycles. The summed E-state index contributed by atoms with van der Waals surface area (Å²) < 4.78 is 0. The van der Waals surface area contributed by atoms with Crippen LogP contribution in [0.2, 0.25) is 0 Å². The van der Waals surface area contributed by atoms with Gasteiger partial charge in [-0.05, 0) is 134 Å². The van der Waals surface area contributed by atoms with Gasteiger partial charge in [0.2, 0.25) is 0 Å². The Hall–Kier alpha value is -2.55. The lowest BCUT2D eigenvalue weighted by Gasteiger charge is -2.28. The van der Waals surface area contributed by atoms with Gasteiger partial charge in [-0.25, -0.2) is 0 Å². The smallest absolute Gasteiger partial charge is 0.126 e. The Morgan fingerprint density at radius 1 is 0.575 bits per heavy atom. The van der Waals surface area contributed by atoms with Gasteiger partial charge in [0.1, 0.15) is 11.5 Å². The van der Waals surface area contributed by atoms with E-state index in [1.165, 1.54) is 102 Å². The quantitative estimate of drug-likeness (QED) is 0.359. The molecular formula is C37H49NO2. The van der Waals surface area contributed by atoms with E-state index in [0.29, 0.717) is 29.3 Å². The average molecular weight is 540 g/mol. The third-order valence-electron chi connectivity index (χ3n) is 10.4. The highest BCUT2D eigenvalue weighted by atomic mass is 16.3. The summed E-state index contributed by atoms with van der Waals surface area (Å²) in [6.45, 7) is 0. The van der Waals surface area contributed by atoms with Crippen LogP contribution in [0.15, 0.2) is 35.3 Å². The number of hydrogen-bond acceptors (Lipinski definition) is 3. The molecule has 0 aliphatic heterocycles. The number of rotatable bonds is 6. The molecule has 0 aromatic heterocycles. The molecule has 2 aromatic rings. The SMILES string of the molecule is Oc1c(C2=CCCCC2)cc(N=Cc2cc(C3CCCCC3)c(O)c(C3CCCCC3)c2)cc1C1CCCCC1. The molecule has 0 saturated heterocycles. The van der Waals surface area contributed by atoms with E-state index < -0.39 is 0 Å². The molecule has 3 fully saturated rings. The monoisotopic (exact) mass is 539 g/mol. The first-order valence-corrected chi connectivity index (χ1v) is 16.6. The lowest BCUT2D eigenvalue weighted by Crippen LogP contribution is -2.10. The molecule has 0 heterocycles. The number of aromatic hydroxyl groups is 2. The van der Waals surface area contributed by atoms with Crippen molar-refractivity contribution < 1.29 is 10.2 Å². The minimum absolute atomic E-state index is 0.427. The zero-order valence-corrected chi connectivity index (χ0v) is 24.5. The molecule has 4 aliphatic rings. The third kappa shape index (κ3) is 6.19. The van der Waals surface area contributed by atoms with Gasteiger partial charge in [-0.15, -0.1) is 0 Å². The molecule has 2 N–H and O–H groups in total. The zero-order chi connectivity index (χ0) is 27.3. The number of benzene rings is 2. The third-order valence-corrected chi connectivity index (χ3v) is 10.4. The summed E-state index contributed by atoms with van der Waals surface area (Å²) in [6, 6.07) is 8.75. The summed E-state index contributed by atoms with van der Waals surface area (Å²) in [7, 11) is 0. The number of hydrogen-bond donors (Lipinski definition) is 2. The van der Waals surface area contributed by atoms with Gasteiger partial charge in [-0.3, -0.25) is 4.99 Å². The van der Waals surface area contributed by atoms with E-state index in [9.17, 15) is 10.2 Å². The summed E-state index contributed by atoms with van der Waals surface area (Å²) in [4.78, 5) is 5.09. The minimum atomic E-state index is 0.427. The highest BCUT2D eigenvalue weighted by Gasteiger charge is 2.26. The van der Waals surface area contributed by atoms with Crippen LogP contribution in [-0.2, 0) is 0 Å². The second kappa shape index (κ2) is 13.0. The highest BCUT2D eigenvalue weighted by Crippen LogP contribution is 2.46. The fraction of sp³-hybridized carbons (Fsp3) is 0.595. The molecular weight excluding hydrogens is 490 g/mol. The van der Waals surface area contributed by atoms with Crippen molar-refractivity contribution >= 4 is 17.5 Å². The van der Waals surface area contributed by atoms with Crippen LogP contribution in [0.5, 0.6) is 11.5 Å². The molecule has 0 amide bonds. The molecule has 0 radical (unpaired) electrons. The fourth-order valence-corrected chi connectivity index (χ4v) is 8.15. The molecule has 0 spiro atoms. The van der Waals surface area contributed by atoms with Crippen LogP contribution in [0, 0.1) is 0 Å². The van der Waals surface area contributed by atoms with E-state index >= 15 is 0 Å². The van der Waals surface area contributed by atoms with E-state index in [-0.39, 0.29) is 0 Å². The Kier molecular flexibility index (Phi) is 8.95. The van der Waals surface area contributed by atoms with Crippen molar-refractivity contribution in [2.75, 3.05) is 0 Å². The van der Waals surface area contributed by atoms with Crippen LogP contribution >= 0.6 is 0 Å². The number of allylic oxidation sites excluding steroid dienone is 2. The van der Waals surface area contributed by atoms with Gasteiger partial charge < -0.3 is 10.2 Å². The first kappa shape index (κ1) is 27.6. The molecule has 2 aromatic carbocycles. The van der Waals surface area contributed by atoms with E-state index in [1.807, 2.05) is 6.21 Å². The first-order chi connectivity index (χ1) is 19.7. The van der Waals surface area contributed by atoms with Gasteiger partial charge in [0.25, 0.3) is 0 Å². The van der Waals surface area contributed by atoms with Gasteiger partial charge in [-0.2, -0.15) is 0 Å². The lowest BCUT2D eigenvalue weighted by molar-refractivity contribution is 0.393. The largest absolute Gasteiger partial charge is 0.507 e. The lowest BCUT2D eigenvalue weighted by atomic mass is 9.78. The molecule has 0 atom stereocenters. The summed E-state index contributed by atoms with van der Waals surface area (Å²) >= 11 is 0. The Morgan fingerprint density at radius 3 is 1.60 bits per heavy atom. The molecule has 3 heteroatoms. The van der Waals surface area contributed by atoms with E-state index in [4.69, 9.17) is 4.99 Å².